The van der Waals surface area contributed by atoms with Crippen molar-refractivity contribution in [2.24, 2.45) is 0 Å². The van der Waals surface area contributed by atoms with Gasteiger partial charge in [-0.1, -0.05) is 13.8 Å². The molecule has 2 heterocycles. The highest BCUT2D eigenvalue weighted by atomic mass is 15.2. The summed E-state index contributed by atoms with van der Waals surface area (Å²) >= 11 is 0. The number of aryl methyl sites for hydroxylation is 1. The smallest absolute Gasteiger partial charge is 0.0879 e. The van der Waals surface area contributed by atoms with Crippen LogP contribution in [0.25, 0.3) is 5.52 Å². The molecule has 0 saturated carbocycles. The molecule has 0 N–H and O–H groups in total. The summed E-state index contributed by atoms with van der Waals surface area (Å²) < 4.78 is 1.89. The highest BCUT2D eigenvalue weighted by Gasteiger charge is 2.07. The molecular formula is C10H13N3. The molecule has 0 aliphatic carbocycles. The number of hydrogen-bond acceptors (Lipinski definition) is 2. The zero-order valence-electron chi connectivity index (χ0n) is 8.15. The first kappa shape index (κ1) is 8.23. The lowest BCUT2D eigenvalue weighted by molar-refractivity contribution is 0.875. The Morgan fingerprint density at radius 1 is 1.31 bits per heavy atom. The molecule has 3 nitrogen and oxygen atoms in total. The predicted molar refractivity (Wildman–Crippen MR) is 51.8 cm³/mol. The molecule has 0 aliphatic heterocycles. The van der Waals surface area contributed by atoms with Crippen LogP contribution in [-0.2, 0) is 0 Å². The summed E-state index contributed by atoms with van der Waals surface area (Å²) in [5.74, 6) is 0.502. The van der Waals surface area contributed by atoms with E-state index in [9.17, 15) is 0 Å². The van der Waals surface area contributed by atoms with Crippen LogP contribution in [0.15, 0.2) is 18.6 Å². The second-order valence-electron chi connectivity index (χ2n) is 3.61. The van der Waals surface area contributed by atoms with Crippen molar-refractivity contribution in [1.82, 2.24) is 14.6 Å². The van der Waals surface area contributed by atoms with Gasteiger partial charge < -0.3 is 0 Å². The van der Waals surface area contributed by atoms with Gasteiger partial charge in [-0.15, -0.1) is 0 Å². The minimum absolute atomic E-state index is 0.502. The van der Waals surface area contributed by atoms with Gasteiger partial charge in [0.15, 0.2) is 0 Å². The lowest BCUT2D eigenvalue weighted by Crippen LogP contribution is -1.92. The van der Waals surface area contributed by atoms with Crippen LogP contribution in [-0.4, -0.2) is 14.6 Å². The molecule has 0 spiro atoms. The monoisotopic (exact) mass is 175 g/mol. The lowest BCUT2D eigenvalue weighted by Gasteiger charge is -2.01. The fourth-order valence-electron chi connectivity index (χ4n) is 1.44. The molecule has 13 heavy (non-hydrogen) atoms. The fourth-order valence-corrected chi connectivity index (χ4v) is 1.44. The van der Waals surface area contributed by atoms with Crippen LogP contribution in [0.5, 0.6) is 0 Å². The molecule has 0 amide bonds. The SMILES string of the molecule is Cc1cn2ncc(C(C)C)c2cn1. The van der Waals surface area contributed by atoms with E-state index in [-0.39, 0.29) is 0 Å². The van der Waals surface area contributed by atoms with Crippen molar-refractivity contribution in [2.45, 2.75) is 26.7 Å². The first-order chi connectivity index (χ1) is 6.18. The largest absolute Gasteiger partial charge is 0.258 e. The van der Waals surface area contributed by atoms with E-state index in [4.69, 9.17) is 0 Å². The van der Waals surface area contributed by atoms with Crippen molar-refractivity contribution in [1.29, 1.82) is 0 Å². The van der Waals surface area contributed by atoms with Crippen LogP contribution >= 0.6 is 0 Å². The van der Waals surface area contributed by atoms with E-state index in [0.717, 1.165) is 11.2 Å². The molecule has 3 heteroatoms. The van der Waals surface area contributed by atoms with Gasteiger partial charge in [0.05, 0.1) is 29.8 Å². The van der Waals surface area contributed by atoms with Crippen LogP contribution in [0.2, 0.25) is 0 Å². The second-order valence-corrected chi connectivity index (χ2v) is 3.61. The van der Waals surface area contributed by atoms with E-state index >= 15 is 0 Å². The maximum atomic E-state index is 4.28. The minimum Gasteiger partial charge on any atom is -0.258 e. The van der Waals surface area contributed by atoms with E-state index < -0.39 is 0 Å². The standard InChI is InChI=1S/C10H13N3/c1-7(2)9-4-12-13-6-8(3)11-5-10(9)13/h4-7H,1-3H3. The molecule has 0 radical (unpaired) electrons. The average Bonchev–Trinajstić information content (AvgIpc) is 2.46. The summed E-state index contributed by atoms with van der Waals surface area (Å²) in [6.07, 6.45) is 5.75. The number of aromatic nitrogens is 3. The van der Waals surface area contributed by atoms with E-state index in [2.05, 4.69) is 23.9 Å². The van der Waals surface area contributed by atoms with Crippen LogP contribution in [0, 0.1) is 6.92 Å². The molecule has 2 aromatic rings. The minimum atomic E-state index is 0.502. The van der Waals surface area contributed by atoms with Crippen LogP contribution < -0.4 is 0 Å². The maximum absolute atomic E-state index is 4.28. The van der Waals surface area contributed by atoms with E-state index in [1.807, 2.05) is 30.0 Å². The van der Waals surface area contributed by atoms with E-state index in [1.54, 1.807) is 0 Å². The second kappa shape index (κ2) is 2.83. The van der Waals surface area contributed by atoms with Crippen molar-refractivity contribution in [3.63, 3.8) is 0 Å². The van der Waals surface area contributed by atoms with Crippen molar-refractivity contribution >= 4 is 5.52 Å². The van der Waals surface area contributed by atoms with Gasteiger partial charge in [0, 0.05) is 5.56 Å². The van der Waals surface area contributed by atoms with Gasteiger partial charge in [-0.25, -0.2) is 4.52 Å². The fraction of sp³-hybridized carbons (Fsp3) is 0.400. The van der Waals surface area contributed by atoms with Gasteiger partial charge in [-0.3, -0.25) is 4.98 Å². The third-order valence-corrected chi connectivity index (χ3v) is 2.19. The van der Waals surface area contributed by atoms with Crippen LogP contribution in [0.1, 0.15) is 31.0 Å². The molecular weight excluding hydrogens is 162 g/mol. The maximum Gasteiger partial charge on any atom is 0.0879 e. The van der Waals surface area contributed by atoms with Gasteiger partial charge in [0.25, 0.3) is 0 Å². The van der Waals surface area contributed by atoms with Crippen LogP contribution in [0.3, 0.4) is 0 Å². The first-order valence-corrected chi connectivity index (χ1v) is 4.48. The highest BCUT2D eigenvalue weighted by molar-refractivity contribution is 5.53. The third-order valence-electron chi connectivity index (χ3n) is 2.19. The summed E-state index contributed by atoms with van der Waals surface area (Å²) in [7, 11) is 0. The predicted octanol–water partition coefficient (Wildman–Crippen LogP) is 2.16. The van der Waals surface area contributed by atoms with E-state index in [1.165, 1.54) is 5.56 Å². The lowest BCUT2D eigenvalue weighted by atomic mass is 10.1. The Morgan fingerprint density at radius 2 is 2.08 bits per heavy atom. The molecule has 0 saturated heterocycles. The van der Waals surface area contributed by atoms with Crippen LogP contribution in [0.4, 0.5) is 0 Å². The number of hydrogen-bond donors (Lipinski definition) is 0. The summed E-state index contributed by atoms with van der Waals surface area (Å²) in [5.41, 5.74) is 3.36. The molecule has 0 aliphatic rings. The molecule has 0 aromatic carbocycles. The van der Waals surface area contributed by atoms with Gasteiger partial charge in [-0.05, 0) is 12.8 Å². The van der Waals surface area contributed by atoms with Crippen molar-refractivity contribution in [3.05, 3.63) is 29.8 Å². The summed E-state index contributed by atoms with van der Waals surface area (Å²) in [5, 5.41) is 4.28. The van der Waals surface area contributed by atoms with Crippen molar-refractivity contribution < 1.29 is 0 Å². The van der Waals surface area contributed by atoms with Gasteiger partial charge in [-0.2, -0.15) is 5.10 Å². The molecule has 0 fully saturated rings. The Labute approximate surface area is 77.4 Å². The van der Waals surface area contributed by atoms with Crippen molar-refractivity contribution in [3.8, 4) is 0 Å². The number of nitrogens with zero attached hydrogens (tertiary/aromatic N) is 3. The van der Waals surface area contributed by atoms with Gasteiger partial charge in [0.1, 0.15) is 0 Å². The molecule has 0 bridgehead atoms. The summed E-state index contributed by atoms with van der Waals surface area (Å²) in [6.45, 7) is 6.30. The molecule has 68 valence electrons. The molecule has 0 unspecified atom stereocenters. The molecule has 2 aromatic heterocycles. The summed E-state index contributed by atoms with van der Waals surface area (Å²) in [6, 6.07) is 0. The Bertz CT molecular complexity index is 429. The number of rotatable bonds is 1. The molecule has 2 rings (SSSR count). The van der Waals surface area contributed by atoms with E-state index in [0.29, 0.717) is 5.92 Å². The zero-order valence-corrected chi connectivity index (χ0v) is 8.15. The Hall–Kier alpha value is -1.38. The topological polar surface area (TPSA) is 30.2 Å². The third kappa shape index (κ3) is 1.30. The summed E-state index contributed by atoms with van der Waals surface area (Å²) in [4.78, 5) is 4.26. The zero-order chi connectivity index (χ0) is 9.42. The quantitative estimate of drug-likeness (QED) is 0.664. The molecule has 0 atom stereocenters. The normalized spacial score (nSPS) is 11.4. The van der Waals surface area contributed by atoms with Crippen molar-refractivity contribution in [2.75, 3.05) is 0 Å². The first-order valence-electron chi connectivity index (χ1n) is 4.48. The number of fused-ring (bicyclic) bond motifs is 1. The Balaban J connectivity index is 2.69. The average molecular weight is 175 g/mol. The highest BCUT2D eigenvalue weighted by Crippen LogP contribution is 2.19. The van der Waals surface area contributed by atoms with Gasteiger partial charge in [0.2, 0.25) is 0 Å². The van der Waals surface area contributed by atoms with Gasteiger partial charge >= 0.3 is 0 Å². The Morgan fingerprint density at radius 3 is 2.77 bits per heavy atom. The Kier molecular flexibility index (Phi) is 1.79.